The van der Waals surface area contributed by atoms with Crippen LogP contribution < -0.4 is 5.32 Å². The molecule has 0 aromatic carbocycles. The second kappa shape index (κ2) is 4.68. The molecule has 1 fully saturated rings. The highest BCUT2D eigenvalue weighted by Gasteiger charge is 2.45. The molecule has 0 radical (unpaired) electrons. The van der Waals surface area contributed by atoms with Crippen molar-refractivity contribution in [2.75, 3.05) is 0 Å². The van der Waals surface area contributed by atoms with Crippen LogP contribution >= 0.6 is 0 Å². The minimum Gasteiger partial charge on any atom is -0.349 e. The van der Waals surface area contributed by atoms with Gasteiger partial charge in [0.2, 0.25) is 5.91 Å². The Balaban J connectivity index is 2.65. The Morgan fingerprint density at radius 2 is 1.93 bits per heavy atom. The Morgan fingerprint density at radius 3 is 2.47 bits per heavy atom. The van der Waals surface area contributed by atoms with E-state index in [-0.39, 0.29) is 6.42 Å². The minimum atomic E-state index is -4.22. The van der Waals surface area contributed by atoms with Gasteiger partial charge in [-0.2, -0.15) is 13.2 Å². The summed E-state index contributed by atoms with van der Waals surface area (Å²) in [5.74, 6) is -1.94. The van der Waals surface area contributed by atoms with E-state index >= 15 is 0 Å². The minimum absolute atomic E-state index is 0.103. The van der Waals surface area contributed by atoms with Gasteiger partial charge in [-0.05, 0) is 18.9 Å². The second-order valence-electron chi connectivity index (χ2n) is 3.75. The van der Waals surface area contributed by atoms with Gasteiger partial charge in [0.1, 0.15) is 0 Å². The number of rotatable bonds is 2. The third-order valence-electron chi connectivity index (χ3n) is 2.70. The molecule has 0 aromatic heterocycles. The predicted octanol–water partition coefficient (Wildman–Crippen LogP) is 2.41. The lowest BCUT2D eigenvalue weighted by Gasteiger charge is -2.33. The summed E-state index contributed by atoms with van der Waals surface area (Å²) in [5.41, 5.74) is 0. The molecule has 0 bridgehead atoms. The molecule has 1 saturated carbocycles. The van der Waals surface area contributed by atoms with Crippen molar-refractivity contribution in [1.82, 2.24) is 5.32 Å². The van der Waals surface area contributed by atoms with Crippen LogP contribution in [0.3, 0.4) is 0 Å². The Kier molecular flexibility index (Phi) is 3.77. The molecule has 0 saturated heterocycles. The van der Waals surface area contributed by atoms with Gasteiger partial charge in [0, 0.05) is 6.04 Å². The summed E-state index contributed by atoms with van der Waals surface area (Å²) in [6.45, 7) is 3.22. The predicted molar refractivity (Wildman–Crippen MR) is 50.1 cm³/mol. The third-order valence-corrected chi connectivity index (χ3v) is 2.70. The van der Waals surface area contributed by atoms with Gasteiger partial charge in [-0.3, -0.25) is 4.79 Å². The maximum absolute atomic E-state index is 12.6. The van der Waals surface area contributed by atoms with Crippen LogP contribution in [0.2, 0.25) is 0 Å². The number of amides is 1. The molecule has 1 N–H and O–H groups in total. The first-order valence-corrected chi connectivity index (χ1v) is 4.95. The van der Waals surface area contributed by atoms with Crippen LogP contribution in [0.4, 0.5) is 13.2 Å². The van der Waals surface area contributed by atoms with Gasteiger partial charge in [0.15, 0.2) is 0 Å². The van der Waals surface area contributed by atoms with E-state index in [9.17, 15) is 18.0 Å². The van der Waals surface area contributed by atoms with Crippen LogP contribution in [-0.2, 0) is 4.79 Å². The maximum Gasteiger partial charge on any atom is 0.393 e. The standard InChI is InChI=1S/C10H14F3NO/c1-2-9(15)14-8-6-4-3-5-7(8)10(11,12)13/h2,7-8H,1,3-6H2,(H,14,15). The molecule has 0 heterocycles. The van der Waals surface area contributed by atoms with Gasteiger partial charge in [-0.15, -0.1) is 0 Å². The molecule has 1 rings (SSSR count). The summed E-state index contributed by atoms with van der Waals surface area (Å²) in [6.07, 6.45) is -1.42. The van der Waals surface area contributed by atoms with Crippen molar-refractivity contribution in [1.29, 1.82) is 0 Å². The van der Waals surface area contributed by atoms with Gasteiger partial charge in [-0.25, -0.2) is 0 Å². The lowest BCUT2D eigenvalue weighted by molar-refractivity contribution is -0.188. The van der Waals surface area contributed by atoms with Crippen molar-refractivity contribution in [3.05, 3.63) is 12.7 Å². The van der Waals surface area contributed by atoms with Crippen molar-refractivity contribution in [2.45, 2.75) is 37.9 Å². The lowest BCUT2D eigenvalue weighted by atomic mass is 9.84. The molecular weight excluding hydrogens is 207 g/mol. The highest BCUT2D eigenvalue weighted by molar-refractivity contribution is 5.87. The monoisotopic (exact) mass is 221 g/mol. The Bertz CT molecular complexity index is 250. The number of halogens is 3. The van der Waals surface area contributed by atoms with Crippen LogP contribution in [0.25, 0.3) is 0 Å². The third kappa shape index (κ3) is 3.25. The highest BCUT2D eigenvalue weighted by Crippen LogP contribution is 2.37. The highest BCUT2D eigenvalue weighted by atomic mass is 19.4. The second-order valence-corrected chi connectivity index (χ2v) is 3.75. The quantitative estimate of drug-likeness (QED) is 0.713. The molecular formula is C10H14F3NO. The molecule has 1 aliphatic carbocycles. The van der Waals surface area contributed by atoms with E-state index in [1.807, 2.05) is 0 Å². The zero-order valence-corrected chi connectivity index (χ0v) is 8.31. The Hall–Kier alpha value is -1.00. The fourth-order valence-corrected chi connectivity index (χ4v) is 1.94. The number of hydrogen-bond acceptors (Lipinski definition) is 1. The van der Waals surface area contributed by atoms with Crippen molar-refractivity contribution < 1.29 is 18.0 Å². The van der Waals surface area contributed by atoms with Gasteiger partial charge in [0.25, 0.3) is 0 Å². The van der Waals surface area contributed by atoms with Gasteiger partial charge < -0.3 is 5.32 Å². The first kappa shape index (κ1) is 12.1. The van der Waals surface area contributed by atoms with E-state index in [4.69, 9.17) is 0 Å². The summed E-state index contributed by atoms with van der Waals surface area (Å²) in [5, 5.41) is 2.35. The molecule has 2 nitrogen and oxygen atoms in total. The van der Waals surface area contributed by atoms with Crippen molar-refractivity contribution in [3.8, 4) is 0 Å². The fourth-order valence-electron chi connectivity index (χ4n) is 1.94. The Morgan fingerprint density at radius 1 is 1.33 bits per heavy atom. The van der Waals surface area contributed by atoms with E-state index in [0.717, 1.165) is 12.5 Å². The van der Waals surface area contributed by atoms with Crippen molar-refractivity contribution in [2.24, 2.45) is 5.92 Å². The van der Waals surface area contributed by atoms with E-state index in [1.54, 1.807) is 0 Å². The molecule has 5 heteroatoms. The summed E-state index contributed by atoms with van der Waals surface area (Å²) in [7, 11) is 0. The van der Waals surface area contributed by atoms with Crippen LogP contribution in [0, 0.1) is 5.92 Å². The van der Waals surface area contributed by atoms with Gasteiger partial charge in [0.05, 0.1) is 5.92 Å². The average Bonchev–Trinajstić information content (AvgIpc) is 2.17. The van der Waals surface area contributed by atoms with Gasteiger partial charge >= 0.3 is 6.18 Å². The average molecular weight is 221 g/mol. The summed E-state index contributed by atoms with van der Waals surface area (Å²) >= 11 is 0. The van der Waals surface area contributed by atoms with Crippen LogP contribution in [0.15, 0.2) is 12.7 Å². The normalized spacial score (nSPS) is 27.1. The van der Waals surface area contributed by atoms with Crippen LogP contribution in [-0.4, -0.2) is 18.1 Å². The number of carbonyl (C=O) groups is 1. The molecule has 0 aromatic rings. The van der Waals surface area contributed by atoms with Crippen LogP contribution in [0.1, 0.15) is 25.7 Å². The lowest BCUT2D eigenvalue weighted by Crippen LogP contribution is -2.47. The fraction of sp³-hybridized carbons (Fsp3) is 0.700. The van der Waals surface area contributed by atoms with Crippen LogP contribution in [0.5, 0.6) is 0 Å². The number of hydrogen-bond donors (Lipinski definition) is 1. The van der Waals surface area contributed by atoms with Gasteiger partial charge in [-0.1, -0.05) is 19.4 Å². The molecule has 0 spiro atoms. The first-order chi connectivity index (χ1) is 6.95. The molecule has 1 aliphatic rings. The van der Waals surface area contributed by atoms with Crippen molar-refractivity contribution in [3.63, 3.8) is 0 Å². The summed E-state index contributed by atoms with van der Waals surface area (Å²) < 4.78 is 37.7. The summed E-state index contributed by atoms with van der Waals surface area (Å²) in [6, 6.07) is -0.788. The topological polar surface area (TPSA) is 29.1 Å². The molecule has 0 aliphatic heterocycles. The molecule has 86 valence electrons. The van der Waals surface area contributed by atoms with E-state index in [1.165, 1.54) is 0 Å². The van der Waals surface area contributed by atoms with E-state index in [2.05, 4.69) is 11.9 Å². The first-order valence-electron chi connectivity index (χ1n) is 4.95. The number of nitrogens with one attached hydrogen (secondary N) is 1. The zero-order chi connectivity index (χ0) is 11.5. The number of alkyl halides is 3. The molecule has 1 amide bonds. The molecule has 2 atom stereocenters. The molecule has 15 heavy (non-hydrogen) atoms. The van der Waals surface area contributed by atoms with Crippen molar-refractivity contribution >= 4 is 5.91 Å². The van der Waals surface area contributed by atoms with E-state index in [0.29, 0.717) is 12.8 Å². The Labute approximate surface area is 86.5 Å². The number of carbonyl (C=O) groups excluding carboxylic acids is 1. The summed E-state index contributed by atoms with van der Waals surface area (Å²) in [4.78, 5) is 11.0. The largest absolute Gasteiger partial charge is 0.393 e. The smallest absolute Gasteiger partial charge is 0.349 e. The molecule has 2 unspecified atom stereocenters. The van der Waals surface area contributed by atoms with E-state index < -0.39 is 24.0 Å². The SMILES string of the molecule is C=CC(=O)NC1CCCCC1C(F)(F)F. The maximum atomic E-state index is 12.6. The zero-order valence-electron chi connectivity index (χ0n) is 8.31.